The Labute approximate surface area is 150 Å². The number of nitrogens with one attached hydrogen (secondary N) is 1. The first-order chi connectivity index (χ1) is 12.8. The highest BCUT2D eigenvalue weighted by atomic mass is 16.6. The number of ether oxygens (including phenoxy) is 2. The van der Waals surface area contributed by atoms with Crippen molar-refractivity contribution in [3.8, 4) is 0 Å². The first kappa shape index (κ1) is 14.9. The van der Waals surface area contributed by atoms with Gasteiger partial charge in [-0.1, -0.05) is 27.6 Å². The van der Waals surface area contributed by atoms with Crippen LogP contribution < -0.4 is 5.32 Å². The van der Waals surface area contributed by atoms with Crippen molar-refractivity contribution in [2.75, 3.05) is 13.2 Å². The first-order valence-corrected chi connectivity index (χ1v) is 8.42. The molecule has 0 aromatic carbocycles. The van der Waals surface area contributed by atoms with Gasteiger partial charge in [-0.05, 0) is 31.6 Å². The largest absolute Gasteiger partial charge is 0.464 e. The lowest BCUT2D eigenvalue weighted by atomic mass is 9.90. The van der Waals surface area contributed by atoms with E-state index in [1.165, 1.54) is 6.92 Å². The fourth-order valence-electron chi connectivity index (χ4n) is 2.38. The van der Waals surface area contributed by atoms with Crippen LogP contribution in [0.3, 0.4) is 0 Å². The van der Waals surface area contributed by atoms with Crippen LogP contribution >= 0.6 is 0 Å². The average molecular weight is 345 g/mol. The molecule has 0 aliphatic carbocycles. The Morgan fingerprint density at radius 3 is 2.58 bits per heavy atom. The van der Waals surface area contributed by atoms with E-state index in [4.69, 9.17) is 15.0 Å². The molecule has 0 bridgehead atoms. The number of ketones is 1. The second-order valence-electron chi connectivity index (χ2n) is 6.55. The predicted octanol–water partition coefficient (Wildman–Crippen LogP) is 2.10. The summed E-state index contributed by atoms with van der Waals surface area (Å²) in [6.45, 7) is 4.83. The van der Waals surface area contributed by atoms with Gasteiger partial charge in [0.15, 0.2) is 18.0 Å². The van der Waals surface area contributed by atoms with Crippen LogP contribution in [-0.2, 0) is 23.9 Å². The third kappa shape index (κ3) is 6.99. The molecule has 1 unspecified atom stereocenters. The Hall–Kier alpha value is -1.43. The zero-order valence-electron chi connectivity index (χ0n) is 18.9. The SMILES string of the molecule is [2H]C([2H])([2H])C([2H])(C)C[C@H](CC(=O)[C@H]1O[C@@H]1C(=O)OCC)C(=O)NCCC(C)C. The van der Waals surface area contributed by atoms with Gasteiger partial charge in [-0.3, -0.25) is 9.59 Å². The fraction of sp³-hybridized carbons (Fsp3) is 0.833. The van der Waals surface area contributed by atoms with Crippen molar-refractivity contribution >= 4 is 17.7 Å². The molecule has 1 fully saturated rings. The molecule has 1 amide bonds. The topological polar surface area (TPSA) is 85.0 Å². The molecule has 0 radical (unpaired) electrons. The van der Waals surface area contributed by atoms with Crippen LogP contribution in [0.5, 0.6) is 0 Å². The van der Waals surface area contributed by atoms with Crippen molar-refractivity contribution in [2.45, 2.75) is 66.0 Å². The molecule has 1 rings (SSSR count). The van der Waals surface area contributed by atoms with Crippen LogP contribution in [0.4, 0.5) is 0 Å². The smallest absolute Gasteiger partial charge is 0.338 e. The van der Waals surface area contributed by atoms with Gasteiger partial charge < -0.3 is 14.8 Å². The van der Waals surface area contributed by atoms with E-state index in [1.807, 2.05) is 13.8 Å². The summed E-state index contributed by atoms with van der Waals surface area (Å²) in [5, 5.41) is 2.72. The summed E-state index contributed by atoms with van der Waals surface area (Å²) in [4.78, 5) is 36.6. The standard InChI is InChI=1S/C18H31NO5/c1-6-23-18(22)16-15(24-16)14(20)10-13(9-12(4)5)17(21)19-8-7-11(2)3/h11-13,15-16H,6-10H2,1-5H3,(H,19,21)/t13-,15-,16+/m1/s1/i4D3,12D/t12?,13-,15-,16+. The van der Waals surface area contributed by atoms with Crippen LogP contribution in [0.25, 0.3) is 0 Å². The van der Waals surface area contributed by atoms with Crippen LogP contribution in [0.1, 0.15) is 59.3 Å². The molecule has 1 N–H and O–H groups in total. The number of epoxide rings is 1. The number of hydrogen-bond donors (Lipinski definition) is 1. The van der Waals surface area contributed by atoms with Gasteiger partial charge in [-0.25, -0.2) is 4.79 Å². The third-order valence-electron chi connectivity index (χ3n) is 3.72. The monoisotopic (exact) mass is 345 g/mol. The van der Waals surface area contributed by atoms with Crippen molar-refractivity contribution in [1.29, 1.82) is 0 Å². The molecule has 0 aromatic rings. The van der Waals surface area contributed by atoms with E-state index in [2.05, 4.69) is 5.32 Å². The molecule has 0 spiro atoms. The zero-order valence-corrected chi connectivity index (χ0v) is 14.9. The lowest BCUT2D eigenvalue weighted by Crippen LogP contribution is -2.35. The summed E-state index contributed by atoms with van der Waals surface area (Å²) in [6, 6.07) is 0. The second kappa shape index (κ2) is 9.77. The summed E-state index contributed by atoms with van der Waals surface area (Å²) in [5.41, 5.74) is 0. The van der Waals surface area contributed by atoms with E-state index in [-0.39, 0.29) is 19.4 Å². The second-order valence-corrected chi connectivity index (χ2v) is 6.55. The minimum atomic E-state index is -2.60. The fourth-order valence-corrected chi connectivity index (χ4v) is 2.38. The summed E-state index contributed by atoms with van der Waals surface area (Å²) < 4.78 is 40.5. The van der Waals surface area contributed by atoms with Gasteiger partial charge in [0.2, 0.25) is 5.91 Å². The van der Waals surface area contributed by atoms with E-state index in [0.29, 0.717) is 12.5 Å². The molecule has 6 nitrogen and oxygen atoms in total. The quantitative estimate of drug-likeness (QED) is 0.458. The lowest BCUT2D eigenvalue weighted by molar-refractivity contribution is -0.144. The highest BCUT2D eigenvalue weighted by molar-refractivity contribution is 5.96. The number of esters is 1. The number of Topliss-reactive ketones (excluding diaryl/α,β-unsaturated/α-hetero) is 1. The van der Waals surface area contributed by atoms with E-state index >= 15 is 0 Å². The number of carbonyl (C=O) groups excluding carboxylic acids is 3. The number of amides is 1. The van der Waals surface area contributed by atoms with Gasteiger partial charge in [0.05, 0.1) is 6.61 Å². The van der Waals surface area contributed by atoms with Crippen LogP contribution in [0.2, 0.25) is 0 Å². The molecule has 6 heteroatoms. The molecule has 0 saturated carbocycles. The highest BCUT2D eigenvalue weighted by Gasteiger charge is 2.51. The molecular formula is C18H31NO5. The van der Waals surface area contributed by atoms with E-state index < -0.39 is 48.5 Å². The Morgan fingerprint density at radius 2 is 2.00 bits per heavy atom. The molecule has 0 aromatic heterocycles. The van der Waals surface area contributed by atoms with E-state index in [0.717, 1.165) is 6.42 Å². The van der Waals surface area contributed by atoms with Gasteiger partial charge in [0, 0.05) is 24.4 Å². The van der Waals surface area contributed by atoms with Gasteiger partial charge in [0.1, 0.15) is 0 Å². The maximum Gasteiger partial charge on any atom is 0.338 e. The molecule has 1 heterocycles. The Balaban J connectivity index is 2.79. The minimum absolute atomic E-state index is 0.163. The summed E-state index contributed by atoms with van der Waals surface area (Å²) >= 11 is 0. The van der Waals surface area contributed by atoms with Gasteiger partial charge >= 0.3 is 5.97 Å². The van der Waals surface area contributed by atoms with Crippen molar-refractivity contribution in [2.24, 2.45) is 17.7 Å². The van der Waals surface area contributed by atoms with Crippen LogP contribution in [0, 0.1) is 17.7 Å². The molecular weight excluding hydrogens is 310 g/mol. The number of carbonyl (C=O) groups is 3. The van der Waals surface area contributed by atoms with Gasteiger partial charge in [-0.15, -0.1) is 0 Å². The van der Waals surface area contributed by atoms with Crippen LogP contribution in [-0.4, -0.2) is 43.0 Å². The molecule has 1 saturated heterocycles. The summed E-state index contributed by atoms with van der Waals surface area (Å²) in [5.74, 6) is -4.08. The van der Waals surface area contributed by atoms with Crippen LogP contribution in [0.15, 0.2) is 0 Å². The Kier molecular flexibility index (Phi) is 6.05. The molecule has 1 aliphatic heterocycles. The third-order valence-corrected chi connectivity index (χ3v) is 3.72. The number of rotatable bonds is 11. The minimum Gasteiger partial charge on any atom is -0.464 e. The first-order valence-electron chi connectivity index (χ1n) is 10.4. The van der Waals surface area contributed by atoms with Crippen molar-refractivity contribution in [3.05, 3.63) is 0 Å². The Morgan fingerprint density at radius 1 is 1.29 bits per heavy atom. The lowest BCUT2D eigenvalue weighted by Gasteiger charge is -2.18. The summed E-state index contributed by atoms with van der Waals surface area (Å²) in [6.07, 6.45) is -1.81. The molecule has 4 atom stereocenters. The Bertz CT molecular complexity index is 577. The maximum atomic E-state index is 12.6. The molecule has 1 aliphatic rings. The maximum absolute atomic E-state index is 12.6. The molecule has 138 valence electrons. The van der Waals surface area contributed by atoms with Crippen molar-refractivity contribution in [1.82, 2.24) is 5.32 Å². The normalized spacial score (nSPS) is 26.2. The predicted molar refractivity (Wildman–Crippen MR) is 90.3 cm³/mol. The average Bonchev–Trinajstić information content (AvgIpc) is 3.33. The van der Waals surface area contributed by atoms with Crippen molar-refractivity contribution in [3.63, 3.8) is 0 Å². The van der Waals surface area contributed by atoms with E-state index in [9.17, 15) is 14.4 Å². The van der Waals surface area contributed by atoms with E-state index in [1.54, 1.807) is 6.92 Å². The van der Waals surface area contributed by atoms with Crippen molar-refractivity contribution < 1.29 is 29.3 Å². The van der Waals surface area contributed by atoms with Gasteiger partial charge in [-0.2, -0.15) is 0 Å². The zero-order chi connectivity index (χ0) is 21.7. The highest BCUT2D eigenvalue weighted by Crippen LogP contribution is 2.28. The van der Waals surface area contributed by atoms with Gasteiger partial charge in [0.25, 0.3) is 0 Å². The summed E-state index contributed by atoms with van der Waals surface area (Å²) in [7, 11) is 0. The number of hydrogen-bond acceptors (Lipinski definition) is 5. The molecule has 24 heavy (non-hydrogen) atoms.